The highest BCUT2D eigenvalue weighted by atomic mass is 35.5. The van der Waals surface area contributed by atoms with Gasteiger partial charge in [0.05, 0.1) is 10.5 Å². The van der Waals surface area contributed by atoms with E-state index in [-0.39, 0.29) is 24.0 Å². The van der Waals surface area contributed by atoms with Gasteiger partial charge in [-0.15, -0.1) is 0 Å². The number of hydrogen-bond donors (Lipinski definition) is 1. The summed E-state index contributed by atoms with van der Waals surface area (Å²) in [4.78, 5) is 16.7. The molecule has 0 saturated carbocycles. The number of nitrogens with zero attached hydrogens (tertiary/aromatic N) is 3. The predicted molar refractivity (Wildman–Crippen MR) is 101 cm³/mol. The number of amides is 1. The zero-order chi connectivity index (χ0) is 18.8. The van der Waals surface area contributed by atoms with Gasteiger partial charge in [0, 0.05) is 36.3 Å². The van der Waals surface area contributed by atoms with E-state index in [1.165, 1.54) is 12.1 Å². The van der Waals surface area contributed by atoms with Crippen molar-refractivity contribution >= 4 is 23.0 Å². The fourth-order valence-electron chi connectivity index (χ4n) is 2.81. The third kappa shape index (κ3) is 3.52. The van der Waals surface area contributed by atoms with Crippen LogP contribution in [0.5, 0.6) is 0 Å². The first-order valence-corrected chi connectivity index (χ1v) is 8.60. The molecular formula is C20H14ClFN4O. The number of rotatable bonds is 4. The Hall–Kier alpha value is -3.25. The highest BCUT2D eigenvalue weighted by Gasteiger charge is 2.15. The van der Waals surface area contributed by atoms with E-state index in [9.17, 15) is 9.18 Å². The second-order valence-corrected chi connectivity index (χ2v) is 6.35. The molecule has 4 aromatic rings. The van der Waals surface area contributed by atoms with Gasteiger partial charge in [0.25, 0.3) is 5.91 Å². The molecule has 0 aliphatic carbocycles. The molecule has 0 spiro atoms. The quantitative estimate of drug-likeness (QED) is 0.579. The summed E-state index contributed by atoms with van der Waals surface area (Å²) in [5.41, 5.74) is 3.34. The summed E-state index contributed by atoms with van der Waals surface area (Å²) >= 11 is 6.31. The molecule has 0 radical (unpaired) electrons. The minimum absolute atomic E-state index is 0.246. The summed E-state index contributed by atoms with van der Waals surface area (Å²) in [7, 11) is 0. The van der Waals surface area contributed by atoms with Crippen LogP contribution in [0, 0.1) is 5.82 Å². The number of pyridine rings is 1. The van der Waals surface area contributed by atoms with E-state index in [0.29, 0.717) is 5.02 Å². The van der Waals surface area contributed by atoms with Crippen LogP contribution in [-0.4, -0.2) is 20.5 Å². The lowest BCUT2D eigenvalue weighted by atomic mass is 10.1. The van der Waals surface area contributed by atoms with Crippen molar-refractivity contribution in [3.05, 3.63) is 89.2 Å². The molecule has 4 rings (SSSR count). The molecular weight excluding hydrogens is 367 g/mol. The number of hydrogen-bond acceptors (Lipinski definition) is 3. The molecule has 0 bridgehead atoms. The Labute approximate surface area is 159 Å². The van der Waals surface area contributed by atoms with Crippen LogP contribution in [0.15, 0.2) is 67.1 Å². The number of carbonyl (C=O) groups is 1. The van der Waals surface area contributed by atoms with Crippen molar-refractivity contribution < 1.29 is 9.18 Å². The zero-order valence-electron chi connectivity index (χ0n) is 14.1. The molecule has 1 amide bonds. The predicted octanol–water partition coefficient (Wildman–Crippen LogP) is 4.12. The van der Waals surface area contributed by atoms with Crippen LogP contribution in [0.2, 0.25) is 5.02 Å². The van der Waals surface area contributed by atoms with Gasteiger partial charge in [0.2, 0.25) is 0 Å². The largest absolute Gasteiger partial charge is 0.347 e. The molecule has 5 nitrogen and oxygen atoms in total. The van der Waals surface area contributed by atoms with Crippen LogP contribution in [-0.2, 0) is 6.54 Å². The SMILES string of the molecule is O=C(NCc1ccc(F)cc1)c1cc(-c2cnccc2Cl)c2cccn2n1. The molecule has 0 unspecified atom stereocenters. The smallest absolute Gasteiger partial charge is 0.272 e. The average molecular weight is 381 g/mol. The molecule has 0 aliphatic heterocycles. The van der Waals surface area contributed by atoms with Gasteiger partial charge in [-0.2, -0.15) is 5.10 Å². The molecule has 27 heavy (non-hydrogen) atoms. The summed E-state index contributed by atoms with van der Waals surface area (Å²) < 4.78 is 14.6. The topological polar surface area (TPSA) is 59.3 Å². The highest BCUT2D eigenvalue weighted by molar-refractivity contribution is 6.33. The standard InChI is InChI=1S/C20H14ClFN4O/c21-17-7-8-23-12-16(17)15-10-18(25-26-9-1-2-19(15)26)20(27)24-11-13-3-5-14(22)6-4-13/h1-10,12H,11H2,(H,24,27). The van der Waals surface area contributed by atoms with Crippen molar-refractivity contribution in [2.75, 3.05) is 0 Å². The van der Waals surface area contributed by atoms with Gasteiger partial charge in [-0.05, 0) is 42.0 Å². The second kappa shape index (κ2) is 7.17. The van der Waals surface area contributed by atoms with Crippen LogP contribution >= 0.6 is 11.6 Å². The Kier molecular flexibility index (Phi) is 4.56. The molecule has 0 saturated heterocycles. The maximum Gasteiger partial charge on any atom is 0.272 e. The van der Waals surface area contributed by atoms with E-state index in [4.69, 9.17) is 11.6 Å². The summed E-state index contributed by atoms with van der Waals surface area (Å²) in [6, 6.07) is 13.1. The molecule has 0 atom stereocenters. The van der Waals surface area contributed by atoms with Gasteiger partial charge < -0.3 is 5.32 Å². The third-order valence-electron chi connectivity index (χ3n) is 4.16. The number of fused-ring (bicyclic) bond motifs is 1. The van der Waals surface area contributed by atoms with E-state index in [1.54, 1.807) is 47.4 Å². The van der Waals surface area contributed by atoms with Crippen LogP contribution in [0.25, 0.3) is 16.6 Å². The lowest BCUT2D eigenvalue weighted by Crippen LogP contribution is -2.24. The Balaban J connectivity index is 1.67. The summed E-state index contributed by atoms with van der Waals surface area (Å²) in [5, 5.41) is 7.70. The molecule has 1 N–H and O–H groups in total. The van der Waals surface area contributed by atoms with E-state index in [0.717, 1.165) is 22.2 Å². The fourth-order valence-corrected chi connectivity index (χ4v) is 3.01. The molecule has 0 aliphatic rings. The Bertz CT molecular complexity index is 1120. The molecule has 3 aromatic heterocycles. The average Bonchev–Trinajstić information content (AvgIpc) is 3.16. The van der Waals surface area contributed by atoms with Crippen LogP contribution < -0.4 is 5.32 Å². The lowest BCUT2D eigenvalue weighted by molar-refractivity contribution is 0.0944. The van der Waals surface area contributed by atoms with Gasteiger partial charge in [-0.3, -0.25) is 9.78 Å². The molecule has 1 aromatic carbocycles. The van der Waals surface area contributed by atoms with Crippen molar-refractivity contribution in [3.63, 3.8) is 0 Å². The summed E-state index contributed by atoms with van der Waals surface area (Å²) in [6.07, 6.45) is 5.03. The van der Waals surface area contributed by atoms with E-state index in [1.807, 2.05) is 12.1 Å². The van der Waals surface area contributed by atoms with Crippen molar-refractivity contribution in [2.45, 2.75) is 6.54 Å². The Morgan fingerprint density at radius 3 is 2.74 bits per heavy atom. The summed E-state index contributed by atoms with van der Waals surface area (Å²) in [6.45, 7) is 0.271. The van der Waals surface area contributed by atoms with Gasteiger partial charge in [0.1, 0.15) is 11.5 Å². The van der Waals surface area contributed by atoms with E-state index < -0.39 is 0 Å². The highest BCUT2D eigenvalue weighted by Crippen LogP contribution is 2.30. The van der Waals surface area contributed by atoms with E-state index in [2.05, 4.69) is 15.4 Å². The number of carbonyl (C=O) groups excluding carboxylic acids is 1. The van der Waals surface area contributed by atoms with Crippen molar-refractivity contribution in [1.29, 1.82) is 0 Å². The first-order chi connectivity index (χ1) is 13.1. The summed E-state index contributed by atoms with van der Waals surface area (Å²) in [5.74, 6) is -0.654. The minimum atomic E-state index is -0.337. The van der Waals surface area contributed by atoms with Crippen LogP contribution in [0.3, 0.4) is 0 Å². The van der Waals surface area contributed by atoms with Crippen LogP contribution in [0.1, 0.15) is 16.1 Å². The van der Waals surface area contributed by atoms with Gasteiger partial charge >= 0.3 is 0 Å². The first-order valence-electron chi connectivity index (χ1n) is 8.23. The zero-order valence-corrected chi connectivity index (χ0v) is 14.8. The van der Waals surface area contributed by atoms with Crippen LogP contribution in [0.4, 0.5) is 4.39 Å². The lowest BCUT2D eigenvalue weighted by Gasteiger charge is -2.10. The maximum atomic E-state index is 13.0. The molecule has 0 fully saturated rings. The van der Waals surface area contributed by atoms with Gasteiger partial charge in [-0.25, -0.2) is 8.91 Å². The Morgan fingerprint density at radius 1 is 1.15 bits per heavy atom. The third-order valence-corrected chi connectivity index (χ3v) is 4.49. The Morgan fingerprint density at radius 2 is 1.96 bits per heavy atom. The van der Waals surface area contributed by atoms with Gasteiger partial charge in [-0.1, -0.05) is 23.7 Å². The normalized spacial score (nSPS) is 10.9. The second-order valence-electron chi connectivity index (χ2n) is 5.95. The maximum absolute atomic E-state index is 13.0. The van der Waals surface area contributed by atoms with Crippen molar-refractivity contribution in [1.82, 2.24) is 19.9 Å². The molecule has 134 valence electrons. The van der Waals surface area contributed by atoms with E-state index >= 15 is 0 Å². The number of nitrogens with one attached hydrogen (secondary N) is 1. The fraction of sp³-hybridized carbons (Fsp3) is 0.0500. The van der Waals surface area contributed by atoms with Gasteiger partial charge in [0.15, 0.2) is 0 Å². The molecule has 7 heteroatoms. The minimum Gasteiger partial charge on any atom is -0.347 e. The van der Waals surface area contributed by atoms with Crippen molar-refractivity contribution in [3.8, 4) is 11.1 Å². The number of halogens is 2. The molecule has 3 heterocycles. The number of benzene rings is 1. The monoisotopic (exact) mass is 380 g/mol. The van der Waals surface area contributed by atoms with Crippen molar-refractivity contribution in [2.24, 2.45) is 0 Å². The number of aromatic nitrogens is 3. The first kappa shape index (κ1) is 17.2.